The molecule has 2 aromatic rings. The summed E-state index contributed by atoms with van der Waals surface area (Å²) in [4.78, 5) is 6.62. The number of hydrogen-bond acceptors (Lipinski definition) is 4. The Morgan fingerprint density at radius 1 is 1.18 bits per heavy atom. The fraction of sp³-hybridized carbons (Fsp3) is 0.412. The largest absolute Gasteiger partial charge is 0.352 e. The van der Waals surface area contributed by atoms with E-state index >= 15 is 0 Å². The fourth-order valence-electron chi connectivity index (χ4n) is 2.79. The Balaban J connectivity index is 1.72. The molecule has 0 aliphatic carbocycles. The van der Waals surface area contributed by atoms with E-state index in [-0.39, 0.29) is 0 Å². The smallest absolute Gasteiger partial charge is 0.194 e. The number of likely N-dealkylation sites (N-methyl/N-ethyl adjacent to an activating group) is 1. The van der Waals surface area contributed by atoms with Crippen molar-refractivity contribution in [2.24, 2.45) is 4.99 Å². The molecule has 3 rings (SSSR count). The predicted octanol–water partition coefficient (Wildman–Crippen LogP) is 1.94. The van der Waals surface area contributed by atoms with Crippen molar-refractivity contribution < 1.29 is 0 Å². The van der Waals surface area contributed by atoms with Gasteiger partial charge in [-0.25, -0.2) is 0 Å². The molecule has 116 valence electrons. The van der Waals surface area contributed by atoms with Gasteiger partial charge in [0.1, 0.15) is 0 Å². The van der Waals surface area contributed by atoms with Gasteiger partial charge in [0.05, 0.1) is 18.8 Å². The average molecular weight is 297 g/mol. The number of nitrogens with one attached hydrogen (secondary N) is 1. The van der Waals surface area contributed by atoms with Crippen LogP contribution in [-0.4, -0.2) is 40.8 Å². The number of benzene rings is 1. The third-order valence-electron chi connectivity index (χ3n) is 4.19. The number of nitrogens with zero attached hydrogens (tertiary/aromatic N) is 4. The first-order valence-electron chi connectivity index (χ1n) is 7.71. The number of hydrogen-bond donors (Lipinski definition) is 1. The Bertz CT molecular complexity index is 672. The maximum absolute atomic E-state index is 4.69. The molecule has 1 aromatic carbocycles. The van der Waals surface area contributed by atoms with Crippen molar-refractivity contribution in [1.29, 1.82) is 0 Å². The first kappa shape index (κ1) is 14.6. The van der Waals surface area contributed by atoms with Gasteiger partial charge in [-0.15, -0.1) is 0 Å². The molecule has 0 radical (unpaired) electrons. The molecule has 2 heterocycles. The maximum Gasteiger partial charge on any atom is 0.194 e. The molecule has 5 heteroatoms. The molecule has 1 aliphatic rings. The Morgan fingerprint density at radius 2 is 1.95 bits per heavy atom. The van der Waals surface area contributed by atoms with Crippen LogP contribution < -0.4 is 5.32 Å². The van der Waals surface area contributed by atoms with Crippen LogP contribution in [0, 0.1) is 13.8 Å². The van der Waals surface area contributed by atoms with Gasteiger partial charge in [-0.1, -0.05) is 30.3 Å². The molecular weight excluding hydrogens is 274 g/mol. The molecule has 0 spiro atoms. The van der Waals surface area contributed by atoms with Gasteiger partial charge in [0.2, 0.25) is 0 Å². The predicted molar refractivity (Wildman–Crippen MR) is 89.0 cm³/mol. The minimum atomic E-state index is 0.773. The monoisotopic (exact) mass is 297 g/mol. The highest BCUT2D eigenvalue weighted by Gasteiger charge is 2.15. The van der Waals surface area contributed by atoms with E-state index in [1.807, 2.05) is 6.07 Å². The second kappa shape index (κ2) is 6.22. The summed E-state index contributed by atoms with van der Waals surface area (Å²) in [6, 6.07) is 10.4. The van der Waals surface area contributed by atoms with Crippen LogP contribution in [0.4, 0.5) is 0 Å². The lowest BCUT2D eigenvalue weighted by Gasteiger charge is -2.15. The molecule has 0 unspecified atom stereocenters. The maximum atomic E-state index is 4.69. The van der Waals surface area contributed by atoms with Gasteiger partial charge in [0, 0.05) is 31.4 Å². The van der Waals surface area contributed by atoms with Crippen molar-refractivity contribution in [3.05, 3.63) is 52.8 Å². The van der Waals surface area contributed by atoms with Gasteiger partial charge >= 0.3 is 0 Å². The average Bonchev–Trinajstić information content (AvgIpc) is 3.03. The van der Waals surface area contributed by atoms with Crippen molar-refractivity contribution >= 4 is 5.96 Å². The Hall–Kier alpha value is -2.30. The summed E-state index contributed by atoms with van der Waals surface area (Å²) in [6.07, 6.45) is 0. The van der Waals surface area contributed by atoms with E-state index in [1.54, 1.807) is 0 Å². The molecule has 22 heavy (non-hydrogen) atoms. The molecule has 1 aromatic heterocycles. The number of aliphatic imine (C=N–C) groups is 1. The van der Waals surface area contributed by atoms with Crippen LogP contribution in [0.2, 0.25) is 0 Å². The van der Waals surface area contributed by atoms with E-state index in [2.05, 4.69) is 65.1 Å². The lowest BCUT2D eigenvalue weighted by molar-refractivity contribution is 0.533. The summed E-state index contributed by atoms with van der Waals surface area (Å²) in [6.45, 7) is 7.67. The molecule has 0 bridgehead atoms. The first-order chi connectivity index (χ1) is 10.6. The molecule has 0 atom stereocenters. The summed E-state index contributed by atoms with van der Waals surface area (Å²) in [5.41, 5.74) is 4.84. The van der Waals surface area contributed by atoms with E-state index in [0.29, 0.717) is 0 Å². The quantitative estimate of drug-likeness (QED) is 0.938. The number of rotatable bonds is 4. The lowest BCUT2D eigenvalue weighted by atomic mass is 10.2. The van der Waals surface area contributed by atoms with Crippen molar-refractivity contribution in [1.82, 2.24) is 20.0 Å². The highest BCUT2D eigenvalue weighted by Crippen LogP contribution is 2.15. The summed E-state index contributed by atoms with van der Waals surface area (Å²) in [5.74, 6) is 0.981. The van der Waals surface area contributed by atoms with Gasteiger partial charge in [0.25, 0.3) is 0 Å². The molecule has 0 saturated heterocycles. The van der Waals surface area contributed by atoms with Crippen LogP contribution in [0.15, 0.2) is 35.3 Å². The molecule has 1 N–H and O–H groups in total. The number of aromatic nitrogens is 2. The van der Waals surface area contributed by atoms with E-state index in [0.717, 1.165) is 37.8 Å². The van der Waals surface area contributed by atoms with Crippen LogP contribution in [0.1, 0.15) is 22.5 Å². The molecule has 0 amide bonds. The zero-order valence-electron chi connectivity index (χ0n) is 13.5. The van der Waals surface area contributed by atoms with E-state index in [9.17, 15) is 0 Å². The summed E-state index contributed by atoms with van der Waals surface area (Å²) in [5, 5.41) is 8.12. The molecule has 5 nitrogen and oxygen atoms in total. The highest BCUT2D eigenvalue weighted by molar-refractivity contribution is 5.81. The summed E-state index contributed by atoms with van der Waals surface area (Å²) < 4.78 is 2.09. The van der Waals surface area contributed by atoms with E-state index in [1.165, 1.54) is 16.8 Å². The Kier molecular flexibility index (Phi) is 4.13. The standard InChI is InChI=1S/C17H23N5/c1-13-16(11-19-17-18-9-10-21(17)3)14(2)22(20-13)12-15-7-5-4-6-8-15/h4-8H,9-12H2,1-3H3,(H,18,19). The van der Waals surface area contributed by atoms with Gasteiger partial charge in [-0.3, -0.25) is 9.67 Å². The highest BCUT2D eigenvalue weighted by atomic mass is 15.3. The van der Waals surface area contributed by atoms with Crippen LogP contribution in [0.25, 0.3) is 0 Å². The summed E-state index contributed by atoms with van der Waals surface area (Å²) in [7, 11) is 2.07. The third-order valence-corrected chi connectivity index (χ3v) is 4.19. The van der Waals surface area contributed by atoms with Gasteiger partial charge in [0.15, 0.2) is 5.96 Å². The minimum absolute atomic E-state index is 0.773. The zero-order valence-corrected chi connectivity index (χ0v) is 13.5. The summed E-state index contributed by atoms with van der Waals surface area (Å²) >= 11 is 0. The van der Waals surface area contributed by atoms with Crippen molar-refractivity contribution in [3.8, 4) is 0 Å². The second-order valence-corrected chi connectivity index (χ2v) is 5.77. The van der Waals surface area contributed by atoms with Gasteiger partial charge in [-0.05, 0) is 19.4 Å². The van der Waals surface area contributed by atoms with Gasteiger partial charge in [-0.2, -0.15) is 5.10 Å². The number of aryl methyl sites for hydroxylation is 1. The van der Waals surface area contributed by atoms with Crippen LogP contribution in [0.5, 0.6) is 0 Å². The minimum Gasteiger partial charge on any atom is -0.352 e. The van der Waals surface area contributed by atoms with Crippen molar-refractivity contribution in [2.45, 2.75) is 26.9 Å². The van der Waals surface area contributed by atoms with Crippen LogP contribution in [0.3, 0.4) is 0 Å². The van der Waals surface area contributed by atoms with E-state index in [4.69, 9.17) is 5.10 Å². The zero-order chi connectivity index (χ0) is 15.5. The van der Waals surface area contributed by atoms with Crippen LogP contribution in [-0.2, 0) is 13.1 Å². The molecule has 0 saturated carbocycles. The lowest BCUT2D eigenvalue weighted by Crippen LogP contribution is -2.35. The molecule has 1 aliphatic heterocycles. The number of guanidine groups is 1. The fourth-order valence-corrected chi connectivity index (χ4v) is 2.79. The topological polar surface area (TPSA) is 45.5 Å². The Morgan fingerprint density at radius 3 is 2.64 bits per heavy atom. The normalized spacial score (nSPS) is 14.3. The first-order valence-corrected chi connectivity index (χ1v) is 7.71. The Labute approximate surface area is 131 Å². The molecule has 0 fully saturated rings. The third kappa shape index (κ3) is 2.98. The van der Waals surface area contributed by atoms with Gasteiger partial charge < -0.3 is 10.2 Å². The SMILES string of the molecule is Cc1nn(Cc2ccccc2)c(C)c1CNC1=NCCN1C. The molecular formula is C17H23N5. The van der Waals surface area contributed by atoms with Crippen molar-refractivity contribution in [3.63, 3.8) is 0 Å². The van der Waals surface area contributed by atoms with Crippen LogP contribution >= 0.6 is 0 Å². The van der Waals surface area contributed by atoms with E-state index < -0.39 is 0 Å². The second-order valence-electron chi connectivity index (χ2n) is 5.77. The van der Waals surface area contributed by atoms with Crippen molar-refractivity contribution in [2.75, 3.05) is 20.1 Å².